The number of halogens is 1. The first kappa shape index (κ1) is 27.2. The fraction of sp³-hybridized carbons (Fsp3) is 0.0741. The zero-order chi connectivity index (χ0) is 29.4. The van der Waals surface area contributed by atoms with E-state index >= 15 is 0 Å². The number of hydrazine groups is 1. The van der Waals surface area contributed by atoms with Crippen LogP contribution in [-0.2, 0) is 11.8 Å². The third-order valence-corrected chi connectivity index (χ3v) is 6.98. The van der Waals surface area contributed by atoms with Crippen LogP contribution in [0.5, 0.6) is 0 Å². The lowest BCUT2D eigenvalue weighted by molar-refractivity contribution is -0.393. The van der Waals surface area contributed by atoms with Crippen LogP contribution in [0.3, 0.4) is 0 Å². The summed E-state index contributed by atoms with van der Waals surface area (Å²) >= 11 is 3.37. The Labute approximate surface area is 240 Å². The molecule has 5 rings (SSSR count). The van der Waals surface area contributed by atoms with Crippen molar-refractivity contribution >= 4 is 56.0 Å². The maximum Gasteiger partial charge on any atom is 0.300 e. The van der Waals surface area contributed by atoms with E-state index in [-0.39, 0.29) is 17.1 Å². The van der Waals surface area contributed by atoms with Gasteiger partial charge in [0.05, 0.1) is 33.0 Å². The molecule has 1 aliphatic rings. The van der Waals surface area contributed by atoms with Crippen LogP contribution in [-0.4, -0.2) is 35.8 Å². The van der Waals surface area contributed by atoms with Gasteiger partial charge in [-0.2, -0.15) is 0 Å². The van der Waals surface area contributed by atoms with E-state index in [1.807, 2.05) is 6.07 Å². The number of nitrogens with zero attached hydrogens (tertiary/aromatic N) is 6. The lowest BCUT2D eigenvalue weighted by Gasteiger charge is -2.22. The van der Waals surface area contributed by atoms with Crippen molar-refractivity contribution in [1.82, 2.24) is 14.4 Å². The molecule has 4 aromatic rings. The van der Waals surface area contributed by atoms with Crippen LogP contribution in [0.15, 0.2) is 93.1 Å². The highest BCUT2D eigenvalue weighted by atomic mass is 79.9. The second-order valence-electron chi connectivity index (χ2n) is 8.91. The van der Waals surface area contributed by atoms with Crippen molar-refractivity contribution in [1.29, 1.82) is 0 Å². The van der Waals surface area contributed by atoms with E-state index in [0.29, 0.717) is 22.6 Å². The van der Waals surface area contributed by atoms with Gasteiger partial charge in [0.15, 0.2) is 5.69 Å². The molecule has 2 heterocycles. The molecule has 3 aromatic carbocycles. The highest BCUT2D eigenvalue weighted by Gasteiger charge is 2.33. The molecule has 0 fully saturated rings. The minimum Gasteiger partial charge on any atom is -0.285 e. The number of anilines is 1. The van der Waals surface area contributed by atoms with Gasteiger partial charge in [-0.05, 0) is 43.3 Å². The van der Waals surface area contributed by atoms with Crippen LogP contribution in [0.2, 0.25) is 0 Å². The molecule has 0 aliphatic carbocycles. The Bertz CT molecular complexity index is 1840. The number of nitrogens with one attached hydrogen (secondary N) is 1. The van der Waals surface area contributed by atoms with Crippen LogP contribution < -0.4 is 11.0 Å². The Balaban J connectivity index is 1.62. The highest BCUT2D eigenvalue weighted by molar-refractivity contribution is 9.10. The largest absolute Gasteiger partial charge is 0.300 e. The van der Waals surface area contributed by atoms with Gasteiger partial charge in [-0.25, -0.2) is 14.7 Å². The molecular formula is C27H20BrN7O6. The van der Waals surface area contributed by atoms with E-state index in [0.717, 1.165) is 27.7 Å². The number of non-ortho nitro benzene ring substituents is 1. The summed E-state index contributed by atoms with van der Waals surface area (Å²) in [6.45, 7) is 1.70. The molecule has 0 bridgehead atoms. The first-order valence-electron chi connectivity index (χ1n) is 12.0. The number of carbonyl (C=O) groups is 1. The normalized spacial score (nSPS) is 13.9. The molecule has 1 amide bonds. The number of para-hydroxylation sites is 1. The minimum absolute atomic E-state index is 0.0503. The van der Waals surface area contributed by atoms with Crippen molar-refractivity contribution < 1.29 is 14.6 Å². The average Bonchev–Trinajstić information content (AvgIpc) is 3.37. The predicted octanol–water partition coefficient (Wildman–Crippen LogP) is 5.05. The molecule has 1 aromatic heterocycles. The van der Waals surface area contributed by atoms with Gasteiger partial charge in [0.25, 0.3) is 17.2 Å². The standard InChI is InChI=1S/C27H20BrN7O6/c1-16-25(27(37)33(31(16)2)19-6-4-3-5-7-19)29-22-15-23(17-8-10-18(28)11-9-17)32(26(22)36)30-21-13-12-20(34(38)39)14-24(21)35(40)41/h3-15,30H,1-2H3. The number of benzene rings is 3. The number of rotatable bonds is 7. The number of hydrogen-bond donors (Lipinski definition) is 1. The summed E-state index contributed by atoms with van der Waals surface area (Å²) in [7, 11) is 1.70. The number of carbonyl (C=O) groups excluding carboxylic acids is 1. The second-order valence-corrected chi connectivity index (χ2v) is 9.83. The molecule has 0 unspecified atom stereocenters. The Kier molecular flexibility index (Phi) is 7.07. The molecule has 0 saturated heterocycles. The van der Waals surface area contributed by atoms with Crippen LogP contribution >= 0.6 is 15.9 Å². The monoisotopic (exact) mass is 617 g/mol. The Morgan fingerprint density at radius 3 is 2.24 bits per heavy atom. The van der Waals surface area contributed by atoms with Crippen LogP contribution in [0.25, 0.3) is 11.4 Å². The molecular weight excluding hydrogens is 598 g/mol. The second kappa shape index (κ2) is 10.7. The van der Waals surface area contributed by atoms with Gasteiger partial charge in [0.1, 0.15) is 11.4 Å². The van der Waals surface area contributed by atoms with Crippen molar-refractivity contribution in [2.75, 3.05) is 5.43 Å². The van der Waals surface area contributed by atoms with E-state index in [2.05, 4.69) is 26.3 Å². The molecule has 0 radical (unpaired) electrons. The number of nitro benzene ring substituents is 2. The Morgan fingerprint density at radius 1 is 0.927 bits per heavy atom. The van der Waals surface area contributed by atoms with E-state index < -0.39 is 32.7 Å². The number of aromatic nitrogens is 2. The topological polar surface area (TPSA) is 158 Å². The summed E-state index contributed by atoms with van der Waals surface area (Å²) in [6.07, 6.45) is 1.47. The van der Waals surface area contributed by atoms with Gasteiger partial charge < -0.3 is 0 Å². The molecule has 0 spiro atoms. The van der Waals surface area contributed by atoms with Gasteiger partial charge in [0, 0.05) is 23.2 Å². The van der Waals surface area contributed by atoms with Crippen molar-refractivity contribution in [3.8, 4) is 5.69 Å². The molecule has 41 heavy (non-hydrogen) atoms. The maximum atomic E-state index is 13.7. The Hall–Kier alpha value is -5.37. The summed E-state index contributed by atoms with van der Waals surface area (Å²) in [5, 5.41) is 24.0. The van der Waals surface area contributed by atoms with E-state index in [9.17, 15) is 29.8 Å². The molecule has 1 N–H and O–H groups in total. The fourth-order valence-corrected chi connectivity index (χ4v) is 4.57. The molecule has 0 atom stereocenters. The van der Waals surface area contributed by atoms with Crippen molar-refractivity contribution in [2.45, 2.75) is 6.92 Å². The third kappa shape index (κ3) is 5.03. The van der Waals surface area contributed by atoms with Crippen molar-refractivity contribution in [3.05, 3.63) is 125 Å². The van der Waals surface area contributed by atoms with E-state index in [1.165, 1.54) is 10.8 Å². The summed E-state index contributed by atoms with van der Waals surface area (Å²) in [5.74, 6) is -0.690. The van der Waals surface area contributed by atoms with Crippen LogP contribution in [0, 0.1) is 27.2 Å². The van der Waals surface area contributed by atoms with E-state index in [1.54, 1.807) is 67.2 Å². The van der Waals surface area contributed by atoms with Gasteiger partial charge in [-0.3, -0.25) is 39.9 Å². The molecule has 13 nitrogen and oxygen atoms in total. The Morgan fingerprint density at radius 2 is 1.61 bits per heavy atom. The number of aliphatic imine (C=N–C) groups is 1. The van der Waals surface area contributed by atoms with E-state index in [4.69, 9.17) is 0 Å². The fourth-order valence-electron chi connectivity index (χ4n) is 4.31. The molecule has 0 saturated carbocycles. The maximum absolute atomic E-state index is 13.7. The predicted molar refractivity (Wildman–Crippen MR) is 155 cm³/mol. The van der Waals surface area contributed by atoms with Gasteiger partial charge >= 0.3 is 5.69 Å². The summed E-state index contributed by atoms with van der Waals surface area (Å²) in [6, 6.07) is 19.0. The third-order valence-electron chi connectivity index (χ3n) is 6.45. The van der Waals surface area contributed by atoms with Gasteiger partial charge in [-0.15, -0.1) is 0 Å². The summed E-state index contributed by atoms with van der Waals surface area (Å²) in [4.78, 5) is 52.9. The average molecular weight is 618 g/mol. The first-order chi connectivity index (χ1) is 19.6. The SMILES string of the molecule is Cc1c(N=C2C=C(c3ccc(Br)cc3)N(Nc3ccc([N+](=O)[O-])cc3[N+](=O)[O-])C2=O)c(=O)n(-c2ccccc2)n1C. The number of nitro groups is 2. The summed E-state index contributed by atoms with van der Waals surface area (Å²) < 4.78 is 3.85. The zero-order valence-corrected chi connectivity index (χ0v) is 23.1. The lowest BCUT2D eigenvalue weighted by atomic mass is 10.1. The van der Waals surface area contributed by atoms with Crippen LogP contribution in [0.1, 0.15) is 11.3 Å². The quantitative estimate of drug-likeness (QED) is 0.224. The lowest BCUT2D eigenvalue weighted by Crippen LogP contribution is -2.34. The van der Waals surface area contributed by atoms with Crippen molar-refractivity contribution in [3.63, 3.8) is 0 Å². The minimum atomic E-state index is -0.784. The molecule has 206 valence electrons. The van der Waals surface area contributed by atoms with Gasteiger partial charge in [0.2, 0.25) is 0 Å². The van der Waals surface area contributed by atoms with Crippen molar-refractivity contribution in [2.24, 2.45) is 12.0 Å². The molecule has 14 heteroatoms. The zero-order valence-electron chi connectivity index (χ0n) is 21.5. The van der Waals surface area contributed by atoms with Gasteiger partial charge in [-0.1, -0.05) is 46.3 Å². The summed E-state index contributed by atoms with van der Waals surface area (Å²) in [5.41, 5.74) is 3.01. The van der Waals surface area contributed by atoms with Crippen LogP contribution in [0.4, 0.5) is 22.7 Å². The smallest absolute Gasteiger partial charge is 0.285 e. The number of hydrogen-bond acceptors (Lipinski definition) is 8. The first-order valence-corrected chi connectivity index (χ1v) is 12.8. The number of amides is 1. The molecule has 1 aliphatic heterocycles. The highest BCUT2D eigenvalue weighted by Crippen LogP contribution is 2.34.